The van der Waals surface area contributed by atoms with E-state index in [1.807, 2.05) is 36.2 Å². The molecule has 0 N–H and O–H groups in total. The third-order valence-corrected chi connectivity index (χ3v) is 4.24. The number of nitrogens with zero attached hydrogens (tertiary/aromatic N) is 3. The minimum atomic E-state index is -0.0832. The maximum atomic E-state index is 12.5. The van der Waals surface area contributed by atoms with Gasteiger partial charge >= 0.3 is 0 Å². The molecule has 2 aromatic rings. The van der Waals surface area contributed by atoms with E-state index in [0.29, 0.717) is 17.1 Å². The molecule has 6 heteroatoms. The van der Waals surface area contributed by atoms with Gasteiger partial charge in [0.05, 0.1) is 16.8 Å². The first-order valence-electron chi connectivity index (χ1n) is 6.65. The molecule has 0 fully saturated rings. The van der Waals surface area contributed by atoms with Crippen molar-refractivity contribution in [3.05, 3.63) is 46.7 Å². The Morgan fingerprint density at radius 1 is 1.48 bits per heavy atom. The van der Waals surface area contributed by atoms with Crippen molar-refractivity contribution in [2.45, 2.75) is 24.9 Å². The molecular weight excluding hydrogens is 306 g/mol. The van der Waals surface area contributed by atoms with Gasteiger partial charge in [-0.2, -0.15) is 5.10 Å². The van der Waals surface area contributed by atoms with Crippen LogP contribution < -0.4 is 0 Å². The summed E-state index contributed by atoms with van der Waals surface area (Å²) in [6.07, 6.45) is 5.71. The van der Waals surface area contributed by atoms with Gasteiger partial charge in [0.25, 0.3) is 5.91 Å². The summed E-state index contributed by atoms with van der Waals surface area (Å²) in [6.45, 7) is 3.36. The molecule has 1 aromatic carbocycles. The van der Waals surface area contributed by atoms with E-state index in [1.54, 1.807) is 36.0 Å². The molecular formula is C15H18ClN3OS. The molecule has 1 aromatic heterocycles. The molecule has 0 unspecified atom stereocenters. The van der Waals surface area contributed by atoms with E-state index < -0.39 is 0 Å². The zero-order valence-electron chi connectivity index (χ0n) is 12.3. The molecule has 4 nitrogen and oxygen atoms in total. The van der Waals surface area contributed by atoms with Gasteiger partial charge in [-0.1, -0.05) is 11.6 Å². The second-order valence-corrected chi connectivity index (χ2v) is 6.00. The van der Waals surface area contributed by atoms with Gasteiger partial charge in [-0.15, -0.1) is 11.8 Å². The molecule has 2 rings (SSSR count). The van der Waals surface area contributed by atoms with Gasteiger partial charge in [-0.25, -0.2) is 0 Å². The zero-order chi connectivity index (χ0) is 15.4. The first kappa shape index (κ1) is 15.9. The summed E-state index contributed by atoms with van der Waals surface area (Å²) in [6, 6.07) is 5.51. The van der Waals surface area contributed by atoms with E-state index in [2.05, 4.69) is 5.10 Å². The van der Waals surface area contributed by atoms with Crippen LogP contribution in [0.2, 0.25) is 5.02 Å². The number of benzene rings is 1. The molecule has 0 bridgehead atoms. The summed E-state index contributed by atoms with van der Waals surface area (Å²) in [4.78, 5) is 15.2. The molecule has 0 saturated heterocycles. The fourth-order valence-corrected chi connectivity index (χ4v) is 2.65. The fourth-order valence-electron chi connectivity index (χ4n) is 2.01. The Morgan fingerprint density at radius 2 is 2.24 bits per heavy atom. The summed E-state index contributed by atoms with van der Waals surface area (Å²) in [5, 5.41) is 4.69. The van der Waals surface area contributed by atoms with Crippen molar-refractivity contribution in [3.63, 3.8) is 0 Å². The van der Waals surface area contributed by atoms with Crippen LogP contribution >= 0.6 is 23.4 Å². The molecule has 0 spiro atoms. The third-order valence-electron chi connectivity index (χ3n) is 3.18. The van der Waals surface area contributed by atoms with Crippen molar-refractivity contribution in [3.8, 4) is 0 Å². The topological polar surface area (TPSA) is 38.1 Å². The Bertz CT molecular complexity index is 642. The number of amides is 1. The molecule has 112 valence electrons. The first-order valence-corrected chi connectivity index (χ1v) is 8.25. The number of thioether (sulfide) groups is 1. The Kier molecular flexibility index (Phi) is 5.31. The average Bonchev–Trinajstić information content (AvgIpc) is 2.94. The molecule has 0 radical (unpaired) electrons. The quantitative estimate of drug-likeness (QED) is 0.790. The Labute approximate surface area is 134 Å². The lowest BCUT2D eigenvalue weighted by atomic mass is 10.2. The van der Waals surface area contributed by atoms with Gasteiger partial charge in [0, 0.05) is 36.8 Å². The van der Waals surface area contributed by atoms with Crippen LogP contribution in [0.3, 0.4) is 0 Å². The van der Waals surface area contributed by atoms with Crippen LogP contribution in [0.4, 0.5) is 0 Å². The summed E-state index contributed by atoms with van der Waals surface area (Å²) >= 11 is 7.74. The number of hydrogen-bond acceptors (Lipinski definition) is 3. The van der Waals surface area contributed by atoms with Crippen LogP contribution in [-0.2, 0) is 13.1 Å². The predicted octanol–water partition coefficient (Wildman–Crippen LogP) is 3.55. The summed E-state index contributed by atoms with van der Waals surface area (Å²) < 4.78 is 1.84. The van der Waals surface area contributed by atoms with E-state index in [9.17, 15) is 4.79 Å². The number of carbonyl (C=O) groups excluding carboxylic acids is 1. The lowest BCUT2D eigenvalue weighted by Gasteiger charge is -2.17. The van der Waals surface area contributed by atoms with Crippen LogP contribution in [0.25, 0.3) is 0 Å². The minimum Gasteiger partial charge on any atom is -0.337 e. The molecule has 0 aliphatic carbocycles. The molecule has 21 heavy (non-hydrogen) atoms. The average molecular weight is 324 g/mol. The SMILES string of the molecule is CCn1cc(CN(C)C(=O)c2cc(SC)ccc2Cl)cn1. The third kappa shape index (κ3) is 3.80. The van der Waals surface area contributed by atoms with Gasteiger partial charge in [0.15, 0.2) is 0 Å². The van der Waals surface area contributed by atoms with Gasteiger partial charge in [-0.05, 0) is 31.4 Å². The summed E-state index contributed by atoms with van der Waals surface area (Å²) in [5.41, 5.74) is 1.54. The summed E-state index contributed by atoms with van der Waals surface area (Å²) in [7, 11) is 1.77. The fraction of sp³-hybridized carbons (Fsp3) is 0.333. The monoisotopic (exact) mass is 323 g/mol. The minimum absolute atomic E-state index is 0.0832. The summed E-state index contributed by atoms with van der Waals surface area (Å²) in [5.74, 6) is -0.0832. The maximum absolute atomic E-state index is 12.5. The first-order chi connectivity index (χ1) is 10.0. The molecule has 1 amide bonds. The van der Waals surface area contributed by atoms with Crippen LogP contribution in [0.1, 0.15) is 22.8 Å². The smallest absolute Gasteiger partial charge is 0.255 e. The van der Waals surface area contributed by atoms with Crippen LogP contribution in [0.5, 0.6) is 0 Å². The number of carbonyl (C=O) groups is 1. The lowest BCUT2D eigenvalue weighted by Crippen LogP contribution is -2.26. The van der Waals surface area contributed by atoms with Crippen molar-refractivity contribution >= 4 is 29.3 Å². The molecule has 0 saturated carbocycles. The number of aromatic nitrogens is 2. The standard InChI is InChI=1S/C15H18ClN3OS/c1-4-19-10-11(8-17-19)9-18(2)15(20)13-7-12(21-3)5-6-14(13)16/h5-8,10H,4,9H2,1-3H3. The largest absolute Gasteiger partial charge is 0.337 e. The van der Waals surface area contributed by atoms with Crippen LogP contribution in [0.15, 0.2) is 35.5 Å². The highest BCUT2D eigenvalue weighted by Gasteiger charge is 2.16. The maximum Gasteiger partial charge on any atom is 0.255 e. The van der Waals surface area contributed by atoms with Crippen molar-refractivity contribution < 1.29 is 4.79 Å². The molecule has 0 atom stereocenters. The number of hydrogen-bond donors (Lipinski definition) is 0. The highest BCUT2D eigenvalue weighted by atomic mass is 35.5. The normalized spacial score (nSPS) is 10.7. The molecule has 1 heterocycles. The van der Waals surface area contributed by atoms with E-state index in [1.165, 1.54) is 0 Å². The number of rotatable bonds is 5. The van der Waals surface area contributed by atoms with Gasteiger partial charge in [-0.3, -0.25) is 9.48 Å². The van der Waals surface area contributed by atoms with Crippen molar-refractivity contribution in [2.24, 2.45) is 0 Å². The zero-order valence-corrected chi connectivity index (χ0v) is 13.9. The van der Waals surface area contributed by atoms with Crippen molar-refractivity contribution in [1.82, 2.24) is 14.7 Å². The van der Waals surface area contributed by atoms with E-state index in [0.717, 1.165) is 17.0 Å². The van der Waals surface area contributed by atoms with E-state index in [4.69, 9.17) is 11.6 Å². The highest BCUT2D eigenvalue weighted by Crippen LogP contribution is 2.24. The van der Waals surface area contributed by atoms with Gasteiger partial charge < -0.3 is 4.90 Å². The van der Waals surface area contributed by atoms with Crippen molar-refractivity contribution in [1.29, 1.82) is 0 Å². The van der Waals surface area contributed by atoms with E-state index >= 15 is 0 Å². The van der Waals surface area contributed by atoms with E-state index in [-0.39, 0.29) is 5.91 Å². The number of halogens is 1. The van der Waals surface area contributed by atoms with Crippen molar-refractivity contribution in [2.75, 3.05) is 13.3 Å². The number of aryl methyl sites for hydroxylation is 1. The van der Waals surface area contributed by atoms with Gasteiger partial charge in [0.1, 0.15) is 0 Å². The predicted molar refractivity (Wildman–Crippen MR) is 86.9 cm³/mol. The molecule has 0 aliphatic heterocycles. The van der Waals surface area contributed by atoms with Crippen LogP contribution in [0, 0.1) is 0 Å². The Morgan fingerprint density at radius 3 is 2.86 bits per heavy atom. The molecule has 0 aliphatic rings. The highest BCUT2D eigenvalue weighted by molar-refractivity contribution is 7.98. The van der Waals surface area contributed by atoms with Crippen LogP contribution in [-0.4, -0.2) is 33.9 Å². The van der Waals surface area contributed by atoms with Gasteiger partial charge in [0.2, 0.25) is 0 Å². The second kappa shape index (κ2) is 7.00. The lowest BCUT2D eigenvalue weighted by molar-refractivity contribution is 0.0785. The Balaban J connectivity index is 2.15. The second-order valence-electron chi connectivity index (χ2n) is 4.71. The Hall–Kier alpha value is -1.46.